The van der Waals surface area contributed by atoms with Gasteiger partial charge in [-0.2, -0.15) is 0 Å². The summed E-state index contributed by atoms with van der Waals surface area (Å²) < 4.78 is 4.70. The first-order valence-electron chi connectivity index (χ1n) is 6.13. The molecule has 1 aromatic rings. The molecule has 2 rings (SSSR count). The highest BCUT2D eigenvalue weighted by molar-refractivity contribution is 5.96. The Balaban J connectivity index is 2.28. The number of benzene rings is 1. The smallest absolute Gasteiger partial charge is 0.338 e. The first-order chi connectivity index (χ1) is 8.63. The maximum Gasteiger partial charge on any atom is 0.338 e. The van der Waals surface area contributed by atoms with Crippen molar-refractivity contribution in [3.8, 4) is 0 Å². The Morgan fingerprint density at radius 1 is 1.33 bits per heavy atom. The lowest BCUT2D eigenvalue weighted by molar-refractivity contribution is -0.119. The van der Waals surface area contributed by atoms with Crippen LogP contribution < -0.4 is 4.90 Å². The molecule has 0 bridgehead atoms. The van der Waals surface area contributed by atoms with Gasteiger partial charge in [-0.05, 0) is 43.5 Å². The van der Waals surface area contributed by atoms with Crippen LogP contribution in [0.15, 0.2) is 18.2 Å². The average molecular weight is 247 g/mol. The van der Waals surface area contributed by atoms with Crippen LogP contribution >= 0.6 is 0 Å². The standard InChI is InChI=1S/C14H17NO3/c1-10-9-11(6-7-12(10)14(17)18-2)15-8-4-3-5-13(15)16/h6-7,9H,3-5,8H2,1-2H3. The maximum atomic E-state index is 11.8. The summed E-state index contributed by atoms with van der Waals surface area (Å²) in [5, 5.41) is 0. The molecule has 0 aliphatic carbocycles. The Morgan fingerprint density at radius 3 is 2.72 bits per heavy atom. The van der Waals surface area contributed by atoms with Crippen LogP contribution in [-0.2, 0) is 9.53 Å². The number of piperidine rings is 1. The SMILES string of the molecule is COC(=O)c1ccc(N2CCCCC2=O)cc1C. The monoisotopic (exact) mass is 247 g/mol. The molecular weight excluding hydrogens is 230 g/mol. The fourth-order valence-electron chi connectivity index (χ4n) is 2.23. The van der Waals surface area contributed by atoms with Crippen LogP contribution in [0.2, 0.25) is 0 Å². The van der Waals surface area contributed by atoms with E-state index in [0.717, 1.165) is 30.6 Å². The first kappa shape index (κ1) is 12.6. The Hall–Kier alpha value is -1.84. The van der Waals surface area contributed by atoms with Crippen molar-refractivity contribution in [3.05, 3.63) is 29.3 Å². The Morgan fingerprint density at radius 2 is 2.11 bits per heavy atom. The zero-order valence-corrected chi connectivity index (χ0v) is 10.7. The summed E-state index contributed by atoms with van der Waals surface area (Å²) >= 11 is 0. The number of rotatable bonds is 2. The lowest BCUT2D eigenvalue weighted by Crippen LogP contribution is -2.35. The van der Waals surface area contributed by atoms with Crippen molar-refractivity contribution in [2.75, 3.05) is 18.6 Å². The van der Waals surface area contributed by atoms with Crippen LogP contribution in [0.3, 0.4) is 0 Å². The normalized spacial score (nSPS) is 15.7. The average Bonchev–Trinajstić information content (AvgIpc) is 2.38. The van der Waals surface area contributed by atoms with Crippen molar-refractivity contribution in [1.82, 2.24) is 0 Å². The molecule has 4 heteroatoms. The van der Waals surface area contributed by atoms with E-state index in [9.17, 15) is 9.59 Å². The van der Waals surface area contributed by atoms with E-state index in [1.54, 1.807) is 11.0 Å². The molecule has 1 aliphatic heterocycles. The molecule has 0 saturated carbocycles. The number of hydrogen-bond acceptors (Lipinski definition) is 3. The van der Waals surface area contributed by atoms with E-state index < -0.39 is 0 Å². The summed E-state index contributed by atoms with van der Waals surface area (Å²) in [5.41, 5.74) is 2.24. The van der Waals surface area contributed by atoms with Gasteiger partial charge in [0, 0.05) is 18.7 Å². The number of esters is 1. The van der Waals surface area contributed by atoms with Crippen molar-refractivity contribution in [1.29, 1.82) is 0 Å². The van der Waals surface area contributed by atoms with E-state index in [-0.39, 0.29) is 11.9 Å². The van der Waals surface area contributed by atoms with Crippen LogP contribution in [0.4, 0.5) is 5.69 Å². The van der Waals surface area contributed by atoms with E-state index in [1.165, 1.54) is 7.11 Å². The van der Waals surface area contributed by atoms with Gasteiger partial charge in [0.2, 0.25) is 5.91 Å². The predicted octanol–water partition coefficient (Wildman–Crippen LogP) is 2.30. The summed E-state index contributed by atoms with van der Waals surface area (Å²) in [5.74, 6) is -0.185. The van der Waals surface area contributed by atoms with Gasteiger partial charge < -0.3 is 9.64 Å². The molecule has 0 N–H and O–H groups in total. The third kappa shape index (κ3) is 2.37. The molecule has 96 valence electrons. The third-order valence-electron chi connectivity index (χ3n) is 3.25. The number of methoxy groups -OCH3 is 1. The van der Waals surface area contributed by atoms with Gasteiger partial charge >= 0.3 is 5.97 Å². The lowest BCUT2D eigenvalue weighted by atomic mass is 10.1. The van der Waals surface area contributed by atoms with Crippen LogP contribution in [0.1, 0.15) is 35.2 Å². The third-order valence-corrected chi connectivity index (χ3v) is 3.25. The van der Waals surface area contributed by atoms with E-state index in [1.807, 2.05) is 19.1 Å². The highest BCUT2D eigenvalue weighted by atomic mass is 16.5. The topological polar surface area (TPSA) is 46.6 Å². The van der Waals surface area contributed by atoms with Crippen molar-refractivity contribution < 1.29 is 14.3 Å². The van der Waals surface area contributed by atoms with E-state index >= 15 is 0 Å². The highest BCUT2D eigenvalue weighted by Crippen LogP contribution is 2.23. The van der Waals surface area contributed by atoms with Gasteiger partial charge in [-0.25, -0.2) is 4.79 Å². The van der Waals surface area contributed by atoms with Gasteiger partial charge in [-0.3, -0.25) is 4.79 Å². The quantitative estimate of drug-likeness (QED) is 0.753. The number of anilines is 1. The minimum Gasteiger partial charge on any atom is -0.465 e. The van der Waals surface area contributed by atoms with Gasteiger partial charge in [0.15, 0.2) is 0 Å². The van der Waals surface area contributed by atoms with Crippen molar-refractivity contribution >= 4 is 17.6 Å². The largest absolute Gasteiger partial charge is 0.465 e. The van der Waals surface area contributed by atoms with Crippen molar-refractivity contribution in [2.45, 2.75) is 26.2 Å². The summed E-state index contributed by atoms with van der Waals surface area (Å²) in [6, 6.07) is 5.40. The fourth-order valence-corrected chi connectivity index (χ4v) is 2.23. The van der Waals surface area contributed by atoms with Crippen LogP contribution in [0.25, 0.3) is 0 Å². The van der Waals surface area contributed by atoms with E-state index in [4.69, 9.17) is 4.74 Å². The lowest BCUT2D eigenvalue weighted by Gasteiger charge is -2.27. The molecule has 0 spiro atoms. The minimum atomic E-state index is -0.343. The molecular formula is C14H17NO3. The molecule has 1 heterocycles. The molecule has 0 aromatic heterocycles. The number of carbonyl (C=O) groups excluding carboxylic acids is 2. The Bertz CT molecular complexity index is 482. The summed E-state index contributed by atoms with van der Waals surface area (Å²) in [6.07, 6.45) is 2.61. The highest BCUT2D eigenvalue weighted by Gasteiger charge is 2.20. The number of carbonyl (C=O) groups is 2. The number of ether oxygens (including phenoxy) is 1. The number of nitrogens with zero attached hydrogens (tertiary/aromatic N) is 1. The second kappa shape index (κ2) is 5.21. The number of hydrogen-bond donors (Lipinski definition) is 0. The maximum absolute atomic E-state index is 11.8. The first-order valence-corrected chi connectivity index (χ1v) is 6.13. The fraction of sp³-hybridized carbons (Fsp3) is 0.429. The minimum absolute atomic E-state index is 0.159. The van der Waals surface area contributed by atoms with Gasteiger partial charge in [-0.1, -0.05) is 0 Å². The second-order valence-corrected chi connectivity index (χ2v) is 4.49. The Kier molecular flexibility index (Phi) is 3.65. The van der Waals surface area contributed by atoms with Gasteiger partial charge in [-0.15, -0.1) is 0 Å². The van der Waals surface area contributed by atoms with E-state index in [2.05, 4.69) is 0 Å². The number of amides is 1. The molecule has 4 nitrogen and oxygen atoms in total. The summed E-state index contributed by atoms with van der Waals surface area (Å²) in [7, 11) is 1.36. The molecule has 1 aliphatic rings. The van der Waals surface area contributed by atoms with Crippen molar-refractivity contribution in [2.24, 2.45) is 0 Å². The summed E-state index contributed by atoms with van der Waals surface area (Å²) in [4.78, 5) is 25.1. The van der Waals surface area contributed by atoms with Crippen LogP contribution in [0, 0.1) is 6.92 Å². The second-order valence-electron chi connectivity index (χ2n) is 4.49. The molecule has 0 atom stereocenters. The molecule has 0 unspecified atom stereocenters. The van der Waals surface area contributed by atoms with Crippen molar-refractivity contribution in [3.63, 3.8) is 0 Å². The van der Waals surface area contributed by atoms with E-state index in [0.29, 0.717) is 12.0 Å². The van der Waals surface area contributed by atoms with Gasteiger partial charge in [0.1, 0.15) is 0 Å². The molecule has 1 aromatic carbocycles. The predicted molar refractivity (Wildman–Crippen MR) is 68.7 cm³/mol. The molecule has 1 saturated heterocycles. The van der Waals surface area contributed by atoms with Gasteiger partial charge in [0.25, 0.3) is 0 Å². The number of aryl methyl sites for hydroxylation is 1. The molecule has 18 heavy (non-hydrogen) atoms. The Labute approximate surface area is 107 Å². The van der Waals surface area contributed by atoms with Crippen LogP contribution in [0.5, 0.6) is 0 Å². The summed E-state index contributed by atoms with van der Waals surface area (Å²) in [6.45, 7) is 2.61. The zero-order chi connectivity index (χ0) is 13.1. The zero-order valence-electron chi connectivity index (χ0n) is 10.7. The molecule has 1 fully saturated rings. The van der Waals surface area contributed by atoms with Gasteiger partial charge in [0.05, 0.1) is 12.7 Å². The molecule has 1 amide bonds. The molecule has 0 radical (unpaired) electrons. The van der Waals surface area contributed by atoms with Crippen LogP contribution in [-0.4, -0.2) is 25.5 Å².